The summed E-state index contributed by atoms with van der Waals surface area (Å²) in [7, 11) is 12.3. The maximum atomic E-state index is 8.00. The molecule has 4 aromatic rings. The van der Waals surface area contributed by atoms with Crippen molar-refractivity contribution in [3.63, 3.8) is 0 Å². The quantitative estimate of drug-likeness (QED) is 0.160. The molecule has 0 bridgehead atoms. The normalized spacial score (nSPS) is 17.0. The van der Waals surface area contributed by atoms with Crippen molar-refractivity contribution in [2.45, 2.75) is 70.6 Å². The first kappa shape index (κ1) is 32.7. The molecule has 6 rings (SSSR count). The average molecular weight is 749 g/mol. The van der Waals surface area contributed by atoms with Crippen LogP contribution in [0.3, 0.4) is 0 Å². The molecule has 0 saturated carbocycles. The van der Waals surface area contributed by atoms with Crippen LogP contribution >= 0.6 is 17.0 Å². The van der Waals surface area contributed by atoms with E-state index < -0.39 is 43.5 Å². The molecule has 44 heavy (non-hydrogen) atoms. The van der Waals surface area contributed by atoms with Gasteiger partial charge in [0.25, 0.3) is 0 Å². The Morgan fingerprint density at radius 2 is 1.36 bits per heavy atom. The Bertz CT molecular complexity index is 1800. The van der Waals surface area contributed by atoms with Crippen LogP contribution in [0.4, 0.5) is 0 Å². The van der Waals surface area contributed by atoms with E-state index in [4.69, 9.17) is 17.0 Å². The summed E-state index contributed by atoms with van der Waals surface area (Å²) in [5.74, 6) is 0. The van der Waals surface area contributed by atoms with Crippen molar-refractivity contribution in [2.75, 3.05) is 0 Å². The summed E-state index contributed by atoms with van der Waals surface area (Å²) in [6.07, 6.45) is 2.50. The van der Waals surface area contributed by atoms with Crippen LogP contribution < -0.4 is 24.0 Å². The molecule has 0 N–H and O–H groups in total. The summed E-state index contributed by atoms with van der Waals surface area (Å²) in [6, 6.07) is 28.0. The predicted molar refractivity (Wildman–Crippen MR) is 204 cm³/mol. The van der Waals surface area contributed by atoms with Crippen LogP contribution in [0.5, 0.6) is 0 Å². The van der Waals surface area contributed by atoms with Crippen molar-refractivity contribution in [1.82, 2.24) is 0 Å². The van der Waals surface area contributed by atoms with E-state index in [1.165, 1.54) is 58.2 Å². The molecular weight excluding hydrogens is 703 g/mol. The molecule has 1 aliphatic carbocycles. The molecule has 6 heteroatoms. The second-order valence-electron chi connectivity index (χ2n) is 16.1. The molecule has 1 unspecified atom stereocenters. The number of hydrogen-bond acceptors (Lipinski definition) is 0. The number of aryl methyl sites for hydroxylation is 1. The molecule has 1 heterocycles. The Morgan fingerprint density at radius 3 is 1.98 bits per heavy atom. The first-order chi connectivity index (χ1) is 20.4. The van der Waals surface area contributed by atoms with Crippen LogP contribution in [0.2, 0.25) is 39.3 Å². The van der Waals surface area contributed by atoms with E-state index in [9.17, 15) is 0 Å². The Hall–Kier alpha value is -1.27. The fraction of sp³-hybridized carbons (Fsp3) is 0.316. The van der Waals surface area contributed by atoms with Crippen LogP contribution in [0, 0.1) is 12.3 Å². The number of rotatable bonds is 5. The minimum absolute atomic E-state index is 0.0528. The average Bonchev–Trinajstić information content (AvgIpc) is 3.51. The molecule has 0 spiro atoms. The summed E-state index contributed by atoms with van der Waals surface area (Å²) in [5.41, 5.74) is 10.9. The summed E-state index contributed by atoms with van der Waals surface area (Å²) in [5, 5.41) is 6.10. The van der Waals surface area contributed by atoms with Gasteiger partial charge in [-0.15, -0.1) is 0 Å². The summed E-state index contributed by atoms with van der Waals surface area (Å²) in [6.45, 7) is 24.1. The van der Waals surface area contributed by atoms with Crippen molar-refractivity contribution < 1.29 is 17.9 Å². The Balaban J connectivity index is 1.58. The third-order valence-electron chi connectivity index (χ3n) is 9.80. The predicted octanol–water partition coefficient (Wildman–Crippen LogP) is 8.12. The summed E-state index contributed by atoms with van der Waals surface area (Å²) in [4.78, 5) is 0. The SMILES string of the molecule is Cc1ccc2c(c1-c1cc([Si](C)(C)C)cc([Si](C)(C)C)c1)C=C(C(C)(C)C)[CH]2[Zr]([Cl])([Cl])[c]1cccc2c1[SiH2]c1ccccc1-2. The third kappa shape index (κ3) is 5.65. The van der Waals surface area contributed by atoms with Crippen LogP contribution in [-0.4, -0.2) is 25.7 Å². The van der Waals surface area contributed by atoms with Crippen molar-refractivity contribution in [3.8, 4) is 22.3 Å². The van der Waals surface area contributed by atoms with Gasteiger partial charge >= 0.3 is 284 Å². The number of halogens is 2. The van der Waals surface area contributed by atoms with Gasteiger partial charge in [0, 0.05) is 0 Å². The Morgan fingerprint density at radius 1 is 0.750 bits per heavy atom. The summed E-state index contributed by atoms with van der Waals surface area (Å²) >= 11 is -4.07. The van der Waals surface area contributed by atoms with Crippen LogP contribution in [0.1, 0.15) is 41.1 Å². The zero-order valence-electron chi connectivity index (χ0n) is 28.0. The van der Waals surface area contributed by atoms with Gasteiger partial charge in [0.2, 0.25) is 0 Å². The topological polar surface area (TPSA) is 0 Å². The summed E-state index contributed by atoms with van der Waals surface area (Å²) < 4.78 is 1.38. The molecule has 1 atom stereocenters. The van der Waals surface area contributed by atoms with Crippen LogP contribution in [-0.2, 0) is 17.9 Å². The van der Waals surface area contributed by atoms with Crippen LogP contribution in [0.25, 0.3) is 28.3 Å². The van der Waals surface area contributed by atoms with Gasteiger partial charge in [0.1, 0.15) is 0 Å². The molecule has 0 aromatic heterocycles. The van der Waals surface area contributed by atoms with E-state index in [1.807, 2.05) is 0 Å². The van der Waals surface area contributed by atoms with E-state index in [-0.39, 0.29) is 9.04 Å². The number of hydrogen-bond donors (Lipinski definition) is 0. The third-order valence-corrected chi connectivity index (χ3v) is 28.0. The van der Waals surface area contributed by atoms with Crippen molar-refractivity contribution in [2.24, 2.45) is 5.41 Å². The van der Waals surface area contributed by atoms with Gasteiger partial charge in [0.15, 0.2) is 0 Å². The van der Waals surface area contributed by atoms with Gasteiger partial charge in [-0.3, -0.25) is 0 Å². The van der Waals surface area contributed by atoms with E-state index >= 15 is 0 Å². The van der Waals surface area contributed by atoms with Gasteiger partial charge in [-0.05, 0) is 0 Å². The fourth-order valence-electron chi connectivity index (χ4n) is 7.24. The van der Waals surface area contributed by atoms with E-state index in [1.54, 1.807) is 10.4 Å². The van der Waals surface area contributed by atoms with E-state index in [0.717, 1.165) is 0 Å². The molecule has 0 nitrogen and oxygen atoms in total. The standard InChI is InChI=1S/C26H37Si2.C12H9Si.2ClH.Zr/c1-18-11-12-19-13-21(26(2,3)4)16-24(19)25(18)20-14-22(27(5,6)7)17-23(15-20)28(8,9)10;1-3-7-11-9(5-1)10-6-2-4-8-12(10)13-11;;;/h11-17H,1-10H3;1-7H,13H2;2*1H;/q;;;;+2/p-2. The van der Waals surface area contributed by atoms with Gasteiger partial charge in [-0.2, -0.15) is 0 Å². The minimum atomic E-state index is -4.07. The van der Waals surface area contributed by atoms with E-state index in [0.29, 0.717) is 0 Å². The number of benzene rings is 4. The molecule has 4 aromatic carbocycles. The molecule has 0 saturated heterocycles. The molecule has 1 aliphatic heterocycles. The van der Waals surface area contributed by atoms with Crippen molar-refractivity contribution >= 4 is 72.8 Å². The first-order valence-corrected chi connectivity index (χ1v) is 33.4. The molecule has 0 fully saturated rings. The first-order valence-electron chi connectivity index (χ1n) is 16.0. The Kier molecular flexibility index (Phi) is 8.29. The monoisotopic (exact) mass is 746 g/mol. The Labute approximate surface area is 281 Å². The van der Waals surface area contributed by atoms with Crippen molar-refractivity contribution in [1.29, 1.82) is 0 Å². The fourth-order valence-corrected chi connectivity index (χ4v) is 26.9. The van der Waals surface area contributed by atoms with Gasteiger partial charge in [0.05, 0.1) is 0 Å². The maximum absolute atomic E-state index is 8.00. The molecular formula is C38H46Cl2Si3Zr. The van der Waals surface area contributed by atoms with Crippen molar-refractivity contribution in [3.05, 3.63) is 95.1 Å². The van der Waals surface area contributed by atoms with Gasteiger partial charge < -0.3 is 0 Å². The van der Waals surface area contributed by atoms with Gasteiger partial charge in [-0.25, -0.2) is 0 Å². The van der Waals surface area contributed by atoms with Gasteiger partial charge in [-0.1, -0.05) is 0 Å². The second-order valence-corrected chi connectivity index (χ2v) is 42.1. The van der Waals surface area contributed by atoms with E-state index in [2.05, 4.69) is 146 Å². The molecule has 228 valence electrons. The molecule has 0 radical (unpaired) electrons. The number of fused-ring (bicyclic) bond motifs is 4. The van der Waals surface area contributed by atoms with Crippen LogP contribution in [0.15, 0.2) is 78.4 Å². The molecule has 0 amide bonds. The zero-order chi connectivity index (χ0) is 32.0. The number of allylic oxidation sites excluding steroid dienone is 1. The zero-order valence-corrected chi connectivity index (χ0v) is 35.4. The second kappa shape index (κ2) is 11.2. The molecule has 2 aliphatic rings.